The Kier molecular flexibility index (Phi) is 3.14. The molecule has 5 heteroatoms. The first-order valence-corrected chi connectivity index (χ1v) is 5.51. The number of carbonyl (C=O) groups excluding carboxylic acids is 2. The van der Waals surface area contributed by atoms with Gasteiger partial charge in [0.05, 0.1) is 12.3 Å². The van der Waals surface area contributed by atoms with E-state index in [2.05, 4.69) is 4.74 Å². The van der Waals surface area contributed by atoms with Crippen LogP contribution in [0.2, 0.25) is 0 Å². The quantitative estimate of drug-likeness (QED) is 0.475. The van der Waals surface area contributed by atoms with E-state index in [-0.39, 0.29) is 18.1 Å². The van der Waals surface area contributed by atoms with Crippen molar-refractivity contribution in [3.63, 3.8) is 0 Å². The topological polar surface area (TPSA) is 48.3 Å². The maximum atomic E-state index is 13.1. The number of esters is 1. The molecule has 2 rings (SSSR count). The van der Waals surface area contributed by atoms with E-state index < -0.39 is 11.8 Å². The number of hydrogen-bond acceptors (Lipinski definition) is 3. The molecule has 0 unspecified atom stereocenters. The molecule has 0 saturated carbocycles. The van der Waals surface area contributed by atoms with Gasteiger partial charge in [0.1, 0.15) is 5.82 Å². The van der Waals surface area contributed by atoms with Gasteiger partial charge in [0.25, 0.3) is 5.78 Å². The number of fused-ring (bicyclic) bond motifs is 1. The first kappa shape index (κ1) is 12.3. The Morgan fingerprint density at radius 2 is 2.06 bits per heavy atom. The van der Waals surface area contributed by atoms with Crippen molar-refractivity contribution in [2.45, 2.75) is 6.92 Å². The summed E-state index contributed by atoms with van der Waals surface area (Å²) < 4.78 is 19.3. The minimum atomic E-state index is -0.899. The van der Waals surface area contributed by atoms with Crippen molar-refractivity contribution < 1.29 is 18.7 Å². The van der Waals surface area contributed by atoms with Crippen LogP contribution in [0, 0.1) is 5.82 Å². The second-order valence-corrected chi connectivity index (χ2v) is 3.84. The number of hydrogen-bond donors (Lipinski definition) is 0. The average molecular weight is 249 g/mol. The third-order valence-electron chi connectivity index (χ3n) is 2.70. The largest absolute Gasteiger partial charge is 0.460 e. The van der Waals surface area contributed by atoms with Crippen LogP contribution in [-0.2, 0) is 16.6 Å². The second kappa shape index (κ2) is 4.60. The number of benzene rings is 1. The molecule has 0 aliphatic heterocycles. The molecular formula is C13H12FNO3. The van der Waals surface area contributed by atoms with Crippen molar-refractivity contribution >= 4 is 22.7 Å². The maximum Gasteiger partial charge on any atom is 0.381 e. The summed E-state index contributed by atoms with van der Waals surface area (Å²) in [5.41, 5.74) is 0.873. The van der Waals surface area contributed by atoms with Gasteiger partial charge in [-0.15, -0.1) is 0 Å². The Bertz CT molecular complexity index is 630. The molecule has 1 aromatic heterocycles. The number of ether oxygens (including phenoxy) is 1. The number of aryl methyl sites for hydroxylation is 1. The monoisotopic (exact) mass is 249 g/mol. The van der Waals surface area contributed by atoms with Gasteiger partial charge in [-0.05, 0) is 31.2 Å². The highest BCUT2D eigenvalue weighted by Gasteiger charge is 2.21. The van der Waals surface area contributed by atoms with Crippen molar-refractivity contribution in [1.82, 2.24) is 4.57 Å². The summed E-state index contributed by atoms with van der Waals surface area (Å²) in [4.78, 5) is 23.2. The number of rotatable bonds is 3. The van der Waals surface area contributed by atoms with Crippen LogP contribution in [-0.4, -0.2) is 22.9 Å². The number of halogens is 1. The van der Waals surface area contributed by atoms with Gasteiger partial charge >= 0.3 is 5.97 Å². The van der Waals surface area contributed by atoms with Crippen LogP contribution in [0.4, 0.5) is 4.39 Å². The summed E-state index contributed by atoms with van der Waals surface area (Å²) in [6, 6.07) is 5.67. The second-order valence-electron chi connectivity index (χ2n) is 3.84. The average Bonchev–Trinajstić information content (AvgIpc) is 2.65. The predicted octanol–water partition coefficient (Wildman–Crippen LogP) is 2.06. The fraction of sp³-hybridized carbons (Fsp3) is 0.231. The summed E-state index contributed by atoms with van der Waals surface area (Å²) in [5.74, 6) is -2.01. The minimum Gasteiger partial charge on any atom is -0.460 e. The number of nitrogens with zero attached hydrogens (tertiary/aromatic N) is 1. The fourth-order valence-corrected chi connectivity index (χ4v) is 1.84. The first-order valence-electron chi connectivity index (χ1n) is 5.51. The van der Waals surface area contributed by atoms with Crippen LogP contribution in [0.1, 0.15) is 17.4 Å². The zero-order chi connectivity index (χ0) is 13.3. The molecule has 0 amide bonds. The number of ketones is 1. The lowest BCUT2D eigenvalue weighted by Gasteiger charge is -2.02. The molecule has 0 atom stereocenters. The molecule has 0 N–H and O–H groups in total. The van der Waals surface area contributed by atoms with E-state index in [0.717, 1.165) is 0 Å². The van der Waals surface area contributed by atoms with Crippen molar-refractivity contribution in [2.75, 3.05) is 6.61 Å². The standard InChI is InChI=1S/C13H12FNO3/c1-3-18-13(17)12(16)11-7-8-6-9(14)4-5-10(8)15(11)2/h4-7H,3H2,1-2H3. The third kappa shape index (κ3) is 1.99. The van der Waals surface area contributed by atoms with Crippen LogP contribution in [0.15, 0.2) is 24.3 Å². The van der Waals surface area contributed by atoms with Crippen molar-refractivity contribution in [1.29, 1.82) is 0 Å². The van der Waals surface area contributed by atoms with Crippen molar-refractivity contribution in [3.05, 3.63) is 35.8 Å². The van der Waals surface area contributed by atoms with E-state index >= 15 is 0 Å². The normalized spacial score (nSPS) is 10.6. The van der Waals surface area contributed by atoms with Crippen LogP contribution in [0.25, 0.3) is 10.9 Å². The highest BCUT2D eigenvalue weighted by Crippen LogP contribution is 2.20. The summed E-state index contributed by atoms with van der Waals surface area (Å²) in [5, 5.41) is 0.574. The molecule has 0 radical (unpaired) electrons. The summed E-state index contributed by atoms with van der Waals surface area (Å²) in [6.07, 6.45) is 0. The Morgan fingerprint density at radius 3 is 2.72 bits per heavy atom. The maximum absolute atomic E-state index is 13.1. The molecule has 4 nitrogen and oxygen atoms in total. The van der Waals surface area contributed by atoms with Gasteiger partial charge < -0.3 is 9.30 Å². The van der Waals surface area contributed by atoms with E-state index in [1.165, 1.54) is 18.2 Å². The van der Waals surface area contributed by atoms with Gasteiger partial charge in [-0.25, -0.2) is 9.18 Å². The Hall–Kier alpha value is -2.17. The lowest BCUT2D eigenvalue weighted by molar-refractivity contribution is -0.137. The molecule has 94 valence electrons. The summed E-state index contributed by atoms with van der Waals surface area (Å²) in [7, 11) is 1.65. The van der Waals surface area contributed by atoms with E-state index in [1.807, 2.05) is 0 Å². The van der Waals surface area contributed by atoms with E-state index in [4.69, 9.17) is 0 Å². The first-order chi connectivity index (χ1) is 8.54. The van der Waals surface area contributed by atoms with Crippen molar-refractivity contribution in [3.8, 4) is 0 Å². The van der Waals surface area contributed by atoms with Crippen LogP contribution < -0.4 is 0 Å². The SMILES string of the molecule is CCOC(=O)C(=O)c1cc2cc(F)ccc2n1C. The van der Waals surface area contributed by atoms with Gasteiger partial charge in [0, 0.05) is 18.0 Å². The third-order valence-corrected chi connectivity index (χ3v) is 2.70. The van der Waals surface area contributed by atoms with Crippen LogP contribution in [0.5, 0.6) is 0 Å². The molecule has 2 aromatic rings. The molecule has 1 aromatic carbocycles. The number of Topliss-reactive ketones (excluding diaryl/α,β-unsaturated/α-hetero) is 1. The number of carbonyl (C=O) groups is 2. The Labute approximate surface area is 103 Å². The molecule has 0 fully saturated rings. The Morgan fingerprint density at radius 1 is 1.33 bits per heavy atom. The van der Waals surface area contributed by atoms with Gasteiger partial charge in [0.2, 0.25) is 0 Å². The summed E-state index contributed by atoms with van der Waals surface area (Å²) in [6.45, 7) is 1.77. The van der Waals surface area contributed by atoms with Crippen LogP contribution >= 0.6 is 0 Å². The lowest BCUT2D eigenvalue weighted by Crippen LogP contribution is -2.19. The van der Waals surface area contributed by atoms with Crippen LogP contribution in [0.3, 0.4) is 0 Å². The zero-order valence-corrected chi connectivity index (χ0v) is 10.1. The van der Waals surface area contributed by atoms with Crippen molar-refractivity contribution in [2.24, 2.45) is 7.05 Å². The minimum absolute atomic E-state index is 0.142. The molecule has 0 aliphatic rings. The molecule has 0 spiro atoms. The fourth-order valence-electron chi connectivity index (χ4n) is 1.84. The van der Waals surface area contributed by atoms with E-state index in [0.29, 0.717) is 10.9 Å². The number of aromatic nitrogens is 1. The smallest absolute Gasteiger partial charge is 0.381 e. The van der Waals surface area contributed by atoms with E-state index in [9.17, 15) is 14.0 Å². The molecule has 1 heterocycles. The van der Waals surface area contributed by atoms with Gasteiger partial charge in [-0.1, -0.05) is 0 Å². The van der Waals surface area contributed by atoms with E-state index in [1.54, 1.807) is 24.6 Å². The molecule has 0 bridgehead atoms. The molecule has 0 aliphatic carbocycles. The molecular weight excluding hydrogens is 237 g/mol. The van der Waals surface area contributed by atoms with Gasteiger partial charge in [-0.2, -0.15) is 0 Å². The van der Waals surface area contributed by atoms with Gasteiger partial charge in [0.15, 0.2) is 0 Å². The molecule has 18 heavy (non-hydrogen) atoms. The molecule has 0 saturated heterocycles. The highest BCUT2D eigenvalue weighted by molar-refractivity contribution is 6.40. The lowest BCUT2D eigenvalue weighted by atomic mass is 10.2. The zero-order valence-electron chi connectivity index (χ0n) is 10.1. The van der Waals surface area contributed by atoms with Gasteiger partial charge in [-0.3, -0.25) is 4.79 Å². The highest BCUT2D eigenvalue weighted by atomic mass is 19.1. The predicted molar refractivity (Wildman–Crippen MR) is 63.8 cm³/mol. The Balaban J connectivity index is 2.49. The summed E-state index contributed by atoms with van der Waals surface area (Å²) >= 11 is 0.